The number of nitrogens with zero attached hydrogens (tertiary/aromatic N) is 1. The normalized spacial score (nSPS) is 12.7. The Balaban J connectivity index is 1.63. The molecular weight excluding hydrogens is 537 g/mol. The number of hydrogen-bond donors (Lipinski definition) is 1. The van der Waals surface area contributed by atoms with Gasteiger partial charge in [0, 0.05) is 18.1 Å². The molecule has 0 aliphatic heterocycles. The van der Waals surface area contributed by atoms with Gasteiger partial charge in [-0.25, -0.2) is 21.6 Å². The van der Waals surface area contributed by atoms with Crippen LogP contribution >= 0.6 is 11.6 Å². The van der Waals surface area contributed by atoms with Crippen molar-refractivity contribution in [3.05, 3.63) is 89.1 Å². The molecule has 0 spiro atoms. The Labute approximate surface area is 210 Å². The van der Waals surface area contributed by atoms with Crippen LogP contribution in [0.15, 0.2) is 82.7 Å². The third kappa shape index (κ3) is 4.83. The van der Waals surface area contributed by atoms with E-state index in [4.69, 9.17) is 11.6 Å². The number of alkyl halides is 3. The summed E-state index contributed by atoms with van der Waals surface area (Å²) < 4.78 is 91.8. The van der Waals surface area contributed by atoms with Crippen molar-refractivity contribution in [1.82, 2.24) is 9.71 Å². The van der Waals surface area contributed by atoms with Gasteiger partial charge in [0.05, 0.1) is 20.3 Å². The van der Waals surface area contributed by atoms with Crippen molar-refractivity contribution in [1.29, 1.82) is 0 Å². The highest BCUT2D eigenvalue weighted by molar-refractivity contribution is 7.92. The first-order valence-corrected chi connectivity index (χ1v) is 13.7. The Hall–Kier alpha value is -2.99. The molecule has 1 aromatic heterocycles. The highest BCUT2D eigenvalue weighted by Crippen LogP contribution is 2.39. The van der Waals surface area contributed by atoms with Gasteiger partial charge in [-0.15, -0.1) is 0 Å². The molecule has 0 unspecified atom stereocenters. The lowest BCUT2D eigenvalue weighted by Gasteiger charge is -2.16. The quantitative estimate of drug-likeness (QED) is 0.333. The number of sulfone groups is 1. The zero-order valence-corrected chi connectivity index (χ0v) is 20.9. The fourth-order valence-electron chi connectivity index (χ4n) is 3.80. The molecule has 0 radical (unpaired) electrons. The van der Waals surface area contributed by atoms with Crippen LogP contribution in [-0.2, 0) is 26.4 Å². The Kier molecular flexibility index (Phi) is 6.86. The van der Waals surface area contributed by atoms with Gasteiger partial charge in [0.25, 0.3) is 9.84 Å². The summed E-state index contributed by atoms with van der Waals surface area (Å²) in [6.45, 7) is 1.23. The van der Waals surface area contributed by atoms with E-state index in [9.17, 15) is 30.0 Å². The van der Waals surface area contributed by atoms with Crippen molar-refractivity contribution in [2.24, 2.45) is 0 Å². The van der Waals surface area contributed by atoms with Crippen LogP contribution in [0, 0.1) is 6.92 Å². The minimum Gasteiger partial charge on any atom is -0.256 e. The van der Waals surface area contributed by atoms with E-state index in [1.54, 1.807) is 12.3 Å². The van der Waals surface area contributed by atoms with Crippen LogP contribution in [0.4, 0.5) is 13.2 Å². The molecule has 1 heterocycles. The zero-order valence-electron chi connectivity index (χ0n) is 18.5. The number of nitrogens with one attached hydrogen (secondary N) is 1. The van der Waals surface area contributed by atoms with E-state index in [0.29, 0.717) is 5.56 Å². The summed E-state index contributed by atoms with van der Waals surface area (Å²) in [6, 6.07) is 16.8. The maximum Gasteiger partial charge on any atom is 0.501 e. The summed E-state index contributed by atoms with van der Waals surface area (Å²) in [4.78, 5) is 3.14. The molecule has 188 valence electrons. The van der Waals surface area contributed by atoms with Gasteiger partial charge < -0.3 is 0 Å². The molecule has 0 aliphatic rings. The summed E-state index contributed by atoms with van der Waals surface area (Å²) in [6.07, 6.45) is 1.59. The average Bonchev–Trinajstić information content (AvgIpc) is 2.82. The van der Waals surface area contributed by atoms with Crippen LogP contribution in [-0.4, -0.2) is 27.3 Å². The third-order valence-electron chi connectivity index (χ3n) is 5.60. The number of rotatable bonds is 6. The fraction of sp³-hybridized carbons (Fsp3) is 0.125. The Morgan fingerprint density at radius 1 is 0.917 bits per heavy atom. The van der Waals surface area contributed by atoms with Gasteiger partial charge in [0.1, 0.15) is 0 Å². The molecule has 4 rings (SSSR count). The SMILES string of the molecule is Cc1c(-c2ccc(S(=O)(=O)NCc3ccnc4ccccc34)cc2)ccc(Cl)c1S(=O)(=O)C(F)(F)F. The van der Waals surface area contributed by atoms with Gasteiger partial charge in [-0.05, 0) is 59.5 Å². The summed E-state index contributed by atoms with van der Waals surface area (Å²) in [5.41, 5.74) is -3.77. The summed E-state index contributed by atoms with van der Waals surface area (Å²) in [5, 5.41) is 0.251. The number of halogens is 4. The Morgan fingerprint density at radius 3 is 2.25 bits per heavy atom. The molecule has 0 bridgehead atoms. The summed E-state index contributed by atoms with van der Waals surface area (Å²) in [5.74, 6) is 0. The number of fused-ring (bicyclic) bond motifs is 1. The van der Waals surface area contributed by atoms with Gasteiger partial charge in [-0.1, -0.05) is 48.0 Å². The van der Waals surface area contributed by atoms with E-state index < -0.39 is 35.3 Å². The molecule has 0 saturated carbocycles. The van der Waals surface area contributed by atoms with Gasteiger partial charge in [-0.3, -0.25) is 4.98 Å². The molecule has 4 aromatic rings. The fourth-order valence-corrected chi connectivity index (χ4v) is 6.38. The molecule has 1 N–H and O–H groups in total. The molecule has 12 heteroatoms. The van der Waals surface area contributed by atoms with Gasteiger partial charge in [0.15, 0.2) is 0 Å². The molecule has 0 amide bonds. The molecule has 0 atom stereocenters. The molecule has 6 nitrogen and oxygen atoms in total. The zero-order chi connectivity index (χ0) is 26.3. The number of para-hydroxylation sites is 1. The van der Waals surface area contributed by atoms with E-state index in [-0.39, 0.29) is 22.6 Å². The molecular formula is C24H18ClF3N2O4S2. The minimum absolute atomic E-state index is 0.0159. The Bertz CT molecular complexity index is 1670. The largest absolute Gasteiger partial charge is 0.501 e. The van der Waals surface area contributed by atoms with Crippen molar-refractivity contribution in [3.63, 3.8) is 0 Å². The van der Waals surface area contributed by atoms with Gasteiger partial charge >= 0.3 is 5.51 Å². The van der Waals surface area contributed by atoms with Crippen LogP contribution < -0.4 is 4.72 Å². The van der Waals surface area contributed by atoms with Crippen LogP contribution in [0.1, 0.15) is 11.1 Å². The predicted octanol–water partition coefficient (Wildman–Crippen LogP) is 5.64. The first-order chi connectivity index (χ1) is 16.8. The number of pyridine rings is 1. The van der Waals surface area contributed by atoms with E-state index in [0.717, 1.165) is 22.5 Å². The topological polar surface area (TPSA) is 93.2 Å². The molecule has 36 heavy (non-hydrogen) atoms. The maximum atomic E-state index is 13.2. The van der Waals surface area contributed by atoms with Crippen molar-refractivity contribution in [2.45, 2.75) is 28.8 Å². The second kappa shape index (κ2) is 9.47. The van der Waals surface area contributed by atoms with Crippen LogP contribution in [0.3, 0.4) is 0 Å². The second-order valence-electron chi connectivity index (χ2n) is 7.83. The van der Waals surface area contributed by atoms with Crippen molar-refractivity contribution in [3.8, 4) is 11.1 Å². The Morgan fingerprint density at radius 2 is 1.58 bits per heavy atom. The van der Waals surface area contributed by atoms with Crippen LogP contribution in [0.2, 0.25) is 5.02 Å². The second-order valence-corrected chi connectivity index (χ2v) is 11.9. The number of sulfonamides is 1. The highest BCUT2D eigenvalue weighted by Gasteiger charge is 2.48. The molecule has 0 aliphatic carbocycles. The van der Waals surface area contributed by atoms with Crippen molar-refractivity contribution < 1.29 is 30.0 Å². The smallest absolute Gasteiger partial charge is 0.256 e. The summed E-state index contributed by atoms with van der Waals surface area (Å²) in [7, 11) is -9.62. The number of aromatic nitrogens is 1. The lowest BCUT2D eigenvalue weighted by atomic mass is 10.0. The minimum atomic E-state index is -5.69. The maximum absolute atomic E-state index is 13.2. The third-order valence-corrected chi connectivity index (χ3v) is 9.12. The average molecular weight is 555 g/mol. The van der Waals surface area contributed by atoms with Gasteiger partial charge in [0.2, 0.25) is 10.0 Å². The van der Waals surface area contributed by atoms with E-state index >= 15 is 0 Å². The van der Waals surface area contributed by atoms with Crippen molar-refractivity contribution in [2.75, 3.05) is 0 Å². The lowest BCUT2D eigenvalue weighted by molar-refractivity contribution is -0.0436. The van der Waals surface area contributed by atoms with Gasteiger partial charge in [-0.2, -0.15) is 13.2 Å². The molecule has 0 fully saturated rings. The van der Waals surface area contributed by atoms with E-state index in [2.05, 4.69) is 9.71 Å². The highest BCUT2D eigenvalue weighted by atomic mass is 35.5. The monoisotopic (exact) mass is 554 g/mol. The summed E-state index contributed by atoms with van der Waals surface area (Å²) >= 11 is 5.82. The van der Waals surface area contributed by atoms with E-state index in [1.165, 1.54) is 37.3 Å². The number of hydrogen-bond acceptors (Lipinski definition) is 5. The standard InChI is InChI=1S/C24H18ClF3N2O4S2/c1-15-19(10-11-21(25)23(15)35(31,32)24(26,27)28)16-6-8-18(9-7-16)36(33,34)30-14-17-12-13-29-22-5-3-2-4-20(17)22/h2-13,30H,14H2,1H3. The lowest BCUT2D eigenvalue weighted by Crippen LogP contribution is -2.24. The van der Waals surface area contributed by atoms with E-state index in [1.807, 2.05) is 24.3 Å². The number of benzene rings is 3. The van der Waals surface area contributed by atoms with Crippen LogP contribution in [0.5, 0.6) is 0 Å². The first kappa shape index (κ1) is 26.1. The molecule has 0 saturated heterocycles. The molecule has 3 aromatic carbocycles. The first-order valence-electron chi connectivity index (χ1n) is 10.4. The van der Waals surface area contributed by atoms with Crippen LogP contribution in [0.25, 0.3) is 22.0 Å². The van der Waals surface area contributed by atoms with Crippen molar-refractivity contribution >= 4 is 42.4 Å². The predicted molar refractivity (Wildman–Crippen MR) is 131 cm³/mol.